The Labute approximate surface area is 209 Å². The molecule has 0 aromatic carbocycles. The first-order valence-electron chi connectivity index (χ1n) is 10.00. The molecule has 0 saturated heterocycles. The van der Waals surface area contributed by atoms with Crippen molar-refractivity contribution < 1.29 is 13.6 Å². The number of anilines is 2. The summed E-state index contributed by atoms with van der Waals surface area (Å²) in [5, 5.41) is 0.310. The summed E-state index contributed by atoms with van der Waals surface area (Å²) in [7, 11) is -3.41. The van der Waals surface area contributed by atoms with Gasteiger partial charge in [0, 0.05) is 19.8 Å². The molecule has 4 heterocycles. The quantitative estimate of drug-likeness (QED) is 0.172. The Balaban J connectivity index is 1.30. The van der Waals surface area contributed by atoms with Crippen molar-refractivity contribution in [2.75, 3.05) is 31.3 Å². The highest BCUT2D eigenvalue weighted by atomic mass is 35.5. The van der Waals surface area contributed by atoms with Gasteiger partial charge in [-0.15, -0.1) is 0 Å². The summed E-state index contributed by atoms with van der Waals surface area (Å²) in [6, 6.07) is 0. The SMILES string of the molecule is C=C(COP(C)(=O)OCC(=C)Cn1cnc2c(Cl)nc(N)nc21)Cn1cnc2c(Cl)nc(N)nc21. The van der Waals surface area contributed by atoms with E-state index in [2.05, 4.69) is 43.1 Å². The van der Waals surface area contributed by atoms with Gasteiger partial charge in [-0.2, -0.15) is 19.9 Å². The van der Waals surface area contributed by atoms with Crippen LogP contribution in [0.5, 0.6) is 0 Å². The molecule has 0 bridgehead atoms. The van der Waals surface area contributed by atoms with Gasteiger partial charge in [-0.05, 0) is 11.1 Å². The van der Waals surface area contributed by atoms with E-state index in [0.717, 1.165) is 0 Å². The molecule has 0 atom stereocenters. The van der Waals surface area contributed by atoms with Crippen LogP contribution in [0.3, 0.4) is 0 Å². The standard InChI is InChI=1S/C19H21Cl2N10O3P/c1-10(4-30-8-24-12-14(20)26-18(22)28-16(12)30)6-33-35(3,32)34-7-11(2)5-31-9-25-13-15(21)27-19(23)29-17(13)31/h8-9H,1-2,4-7H2,3H3,(H2,22,26,28)(H2,23,27,29). The molecule has 0 radical (unpaired) electrons. The summed E-state index contributed by atoms with van der Waals surface area (Å²) in [6.07, 6.45) is 3.07. The number of rotatable bonds is 10. The van der Waals surface area contributed by atoms with E-state index in [9.17, 15) is 4.57 Å². The highest BCUT2D eigenvalue weighted by molar-refractivity contribution is 7.52. The Morgan fingerprint density at radius 2 is 1.29 bits per heavy atom. The van der Waals surface area contributed by atoms with E-state index in [0.29, 0.717) is 33.5 Å². The average Bonchev–Trinajstić information content (AvgIpc) is 3.36. The summed E-state index contributed by atoms with van der Waals surface area (Å²) in [5.41, 5.74) is 14.3. The van der Waals surface area contributed by atoms with Crippen LogP contribution in [0.4, 0.5) is 11.9 Å². The normalized spacial score (nSPS) is 12.0. The van der Waals surface area contributed by atoms with Gasteiger partial charge in [0.15, 0.2) is 21.6 Å². The summed E-state index contributed by atoms with van der Waals surface area (Å²) in [6.45, 7) is 9.82. The summed E-state index contributed by atoms with van der Waals surface area (Å²) >= 11 is 12.1. The number of nitrogens with zero attached hydrogens (tertiary/aromatic N) is 8. The number of fused-ring (bicyclic) bond motifs is 2. The molecule has 184 valence electrons. The lowest BCUT2D eigenvalue weighted by atomic mass is 10.3. The van der Waals surface area contributed by atoms with Crippen molar-refractivity contribution in [2.24, 2.45) is 0 Å². The zero-order valence-electron chi connectivity index (χ0n) is 18.6. The smallest absolute Gasteiger partial charge is 0.328 e. The largest absolute Gasteiger partial charge is 0.368 e. The maximum absolute atomic E-state index is 12.8. The molecule has 0 aliphatic heterocycles. The average molecular weight is 539 g/mol. The first-order chi connectivity index (χ1) is 16.5. The molecule has 13 nitrogen and oxygen atoms in total. The number of halogens is 2. The van der Waals surface area contributed by atoms with Crippen LogP contribution in [0, 0.1) is 0 Å². The van der Waals surface area contributed by atoms with Crippen molar-refractivity contribution in [2.45, 2.75) is 13.1 Å². The second-order valence-electron chi connectivity index (χ2n) is 7.65. The number of aromatic nitrogens is 8. The number of nitrogens with two attached hydrogens (primary N) is 2. The van der Waals surface area contributed by atoms with E-state index < -0.39 is 7.60 Å². The Morgan fingerprint density at radius 1 is 0.886 bits per heavy atom. The third kappa shape index (κ3) is 5.77. The minimum absolute atomic E-state index is 0.0188. The van der Waals surface area contributed by atoms with Crippen molar-refractivity contribution in [1.82, 2.24) is 39.0 Å². The van der Waals surface area contributed by atoms with E-state index >= 15 is 0 Å². The number of imidazole rings is 2. The van der Waals surface area contributed by atoms with Crippen LogP contribution in [0.2, 0.25) is 10.3 Å². The zero-order chi connectivity index (χ0) is 25.3. The van der Waals surface area contributed by atoms with Crippen LogP contribution in [0.15, 0.2) is 37.0 Å². The molecular formula is C19H21Cl2N10O3P. The third-order valence-corrected chi connectivity index (χ3v) is 6.39. The van der Waals surface area contributed by atoms with Crippen LogP contribution in [-0.4, -0.2) is 58.9 Å². The fourth-order valence-corrected chi connectivity index (χ4v) is 4.46. The molecule has 16 heteroatoms. The summed E-state index contributed by atoms with van der Waals surface area (Å²) < 4.78 is 27.1. The molecule has 4 N–H and O–H groups in total. The molecule has 0 fully saturated rings. The van der Waals surface area contributed by atoms with Gasteiger partial charge in [0.05, 0.1) is 25.9 Å². The summed E-state index contributed by atoms with van der Waals surface area (Å²) in [5.74, 6) is 0.0565. The predicted molar refractivity (Wildman–Crippen MR) is 133 cm³/mol. The maximum Gasteiger partial charge on any atom is 0.328 e. The monoisotopic (exact) mass is 538 g/mol. The molecule has 0 spiro atoms. The first kappa shape index (κ1) is 25.0. The molecule has 0 amide bonds. The zero-order valence-corrected chi connectivity index (χ0v) is 21.0. The second-order valence-corrected chi connectivity index (χ2v) is 10.4. The van der Waals surface area contributed by atoms with Crippen molar-refractivity contribution in [1.29, 1.82) is 0 Å². The molecule has 0 unspecified atom stereocenters. The van der Waals surface area contributed by atoms with Crippen LogP contribution < -0.4 is 11.5 Å². The van der Waals surface area contributed by atoms with Gasteiger partial charge in [-0.3, -0.25) is 4.57 Å². The molecule has 0 saturated carbocycles. The lowest BCUT2D eigenvalue weighted by Gasteiger charge is -2.16. The van der Waals surface area contributed by atoms with Crippen LogP contribution in [0.1, 0.15) is 0 Å². The van der Waals surface area contributed by atoms with E-state index in [1.165, 1.54) is 19.3 Å². The van der Waals surface area contributed by atoms with Gasteiger partial charge >= 0.3 is 7.60 Å². The minimum atomic E-state index is -3.41. The number of hydrogen-bond acceptors (Lipinski definition) is 11. The Hall–Kier alpha value is -3.09. The third-order valence-electron chi connectivity index (χ3n) is 4.67. The van der Waals surface area contributed by atoms with E-state index in [1.807, 2.05) is 0 Å². The van der Waals surface area contributed by atoms with Crippen LogP contribution in [0.25, 0.3) is 22.3 Å². The van der Waals surface area contributed by atoms with Crippen molar-refractivity contribution >= 4 is 65.0 Å². The molecule has 4 aromatic rings. The van der Waals surface area contributed by atoms with Crippen LogP contribution in [-0.2, 0) is 26.7 Å². The van der Waals surface area contributed by atoms with Gasteiger partial charge in [0.1, 0.15) is 11.0 Å². The van der Waals surface area contributed by atoms with Gasteiger partial charge in [0.2, 0.25) is 11.9 Å². The first-order valence-corrected chi connectivity index (χ1v) is 12.7. The fraction of sp³-hybridized carbons (Fsp3) is 0.263. The van der Waals surface area contributed by atoms with Gasteiger partial charge in [-0.1, -0.05) is 36.4 Å². The van der Waals surface area contributed by atoms with Crippen molar-refractivity contribution in [3.8, 4) is 0 Å². The Bertz CT molecular complexity index is 1390. The maximum atomic E-state index is 12.8. The van der Waals surface area contributed by atoms with Crippen molar-refractivity contribution in [3.05, 3.63) is 47.3 Å². The molecule has 35 heavy (non-hydrogen) atoms. The molecule has 0 aliphatic carbocycles. The number of hydrogen-bond donors (Lipinski definition) is 2. The highest BCUT2D eigenvalue weighted by Gasteiger charge is 2.19. The molecular weight excluding hydrogens is 518 g/mol. The van der Waals surface area contributed by atoms with Gasteiger partial charge in [0.25, 0.3) is 0 Å². The molecule has 0 aliphatic rings. The predicted octanol–water partition coefficient (Wildman–Crippen LogP) is 3.11. The van der Waals surface area contributed by atoms with Gasteiger partial charge < -0.3 is 29.6 Å². The van der Waals surface area contributed by atoms with E-state index in [4.69, 9.17) is 43.7 Å². The van der Waals surface area contributed by atoms with Crippen LogP contribution >= 0.6 is 30.8 Å². The highest BCUT2D eigenvalue weighted by Crippen LogP contribution is 2.44. The van der Waals surface area contributed by atoms with E-state index in [1.54, 1.807) is 9.13 Å². The Morgan fingerprint density at radius 3 is 1.69 bits per heavy atom. The lowest BCUT2D eigenvalue weighted by molar-refractivity contribution is 0.231. The molecule has 4 aromatic heterocycles. The minimum Gasteiger partial charge on any atom is -0.368 e. The lowest BCUT2D eigenvalue weighted by Crippen LogP contribution is -2.09. The van der Waals surface area contributed by atoms with Crippen molar-refractivity contribution in [3.63, 3.8) is 0 Å². The van der Waals surface area contributed by atoms with Gasteiger partial charge in [-0.25, -0.2) is 9.97 Å². The summed E-state index contributed by atoms with van der Waals surface area (Å²) in [4.78, 5) is 24.4. The number of nitrogen functional groups attached to an aromatic ring is 2. The topological polar surface area (TPSA) is 175 Å². The fourth-order valence-electron chi connectivity index (χ4n) is 3.11. The molecule has 4 rings (SSSR count). The second kappa shape index (κ2) is 9.88. The van der Waals surface area contributed by atoms with E-state index in [-0.39, 0.29) is 48.5 Å². The Kier molecular flexibility index (Phi) is 7.06.